The van der Waals surface area contributed by atoms with E-state index < -0.39 is 6.10 Å². The van der Waals surface area contributed by atoms with Gasteiger partial charge in [-0.15, -0.1) is 0 Å². The van der Waals surface area contributed by atoms with Gasteiger partial charge in [0.2, 0.25) is 0 Å². The second-order valence-electron chi connectivity index (χ2n) is 4.46. The lowest BCUT2D eigenvalue weighted by atomic mass is 10.1. The van der Waals surface area contributed by atoms with Crippen LogP contribution in [0, 0.1) is 0 Å². The number of hydrogen-bond acceptors (Lipinski definition) is 4. The molecule has 1 aliphatic rings. The first-order valence-electron chi connectivity index (χ1n) is 5.86. The van der Waals surface area contributed by atoms with Crippen LogP contribution in [0.15, 0.2) is 18.2 Å². The predicted molar refractivity (Wildman–Crippen MR) is 70.0 cm³/mol. The average molecular weight is 250 g/mol. The third kappa shape index (κ3) is 2.07. The lowest BCUT2D eigenvalue weighted by Gasteiger charge is -2.20. The quantitative estimate of drug-likeness (QED) is 0.858. The van der Waals surface area contributed by atoms with Crippen molar-refractivity contribution in [2.75, 3.05) is 44.2 Å². The van der Waals surface area contributed by atoms with Crippen molar-refractivity contribution in [1.29, 1.82) is 0 Å². The van der Waals surface area contributed by atoms with Gasteiger partial charge in [-0.1, -0.05) is 6.07 Å². The number of carbonyl (C=O) groups is 1. The van der Waals surface area contributed by atoms with E-state index in [1.165, 1.54) is 4.90 Å². The molecule has 1 amide bonds. The Morgan fingerprint density at radius 1 is 1.50 bits per heavy atom. The molecule has 0 aromatic heterocycles. The summed E-state index contributed by atoms with van der Waals surface area (Å²) in [5, 5.41) is 9.77. The Kier molecular flexibility index (Phi) is 3.54. The number of methoxy groups -OCH3 is 1. The minimum Gasteiger partial charge on any atom is -0.383 e. The van der Waals surface area contributed by atoms with E-state index in [1.54, 1.807) is 20.2 Å². The first kappa shape index (κ1) is 12.9. The molecule has 0 saturated heterocycles. The van der Waals surface area contributed by atoms with Gasteiger partial charge < -0.3 is 19.6 Å². The first-order valence-corrected chi connectivity index (χ1v) is 5.86. The summed E-state index contributed by atoms with van der Waals surface area (Å²) in [6.45, 7) is 1.42. The highest BCUT2D eigenvalue weighted by molar-refractivity contribution is 6.03. The molecule has 0 bridgehead atoms. The fourth-order valence-corrected chi connectivity index (χ4v) is 2.08. The fraction of sp³-hybridized carbons (Fsp3) is 0.462. The summed E-state index contributed by atoms with van der Waals surface area (Å²) in [6.07, 6.45) is -1.02. The molecule has 2 rings (SSSR count). The summed E-state index contributed by atoms with van der Waals surface area (Å²) in [4.78, 5) is 15.2. The maximum Gasteiger partial charge on any atom is 0.260 e. The number of likely N-dealkylation sites (N-methyl/N-ethyl adjacent to an activating group) is 2. The highest BCUT2D eigenvalue weighted by atomic mass is 16.5. The number of fused-ring (bicyclic) bond motifs is 1. The second-order valence-corrected chi connectivity index (χ2v) is 4.46. The zero-order valence-electron chi connectivity index (χ0n) is 10.9. The number of carbonyl (C=O) groups excluding carboxylic acids is 1. The molecule has 0 aliphatic carbocycles. The number of hydrogen-bond donors (Lipinski definition) is 1. The maximum absolute atomic E-state index is 11.7. The molecule has 0 saturated carbocycles. The van der Waals surface area contributed by atoms with Crippen LogP contribution >= 0.6 is 0 Å². The topological polar surface area (TPSA) is 53.0 Å². The van der Waals surface area contributed by atoms with Crippen LogP contribution in [0.4, 0.5) is 11.4 Å². The van der Waals surface area contributed by atoms with E-state index in [-0.39, 0.29) is 5.91 Å². The number of rotatable bonds is 4. The molecule has 0 spiro atoms. The largest absolute Gasteiger partial charge is 0.383 e. The summed E-state index contributed by atoms with van der Waals surface area (Å²) in [5.41, 5.74) is 2.44. The van der Waals surface area contributed by atoms with E-state index >= 15 is 0 Å². The van der Waals surface area contributed by atoms with E-state index in [4.69, 9.17) is 4.74 Å². The van der Waals surface area contributed by atoms with Crippen LogP contribution in [0.5, 0.6) is 0 Å². The second kappa shape index (κ2) is 4.96. The van der Waals surface area contributed by atoms with Crippen molar-refractivity contribution in [2.45, 2.75) is 6.10 Å². The molecule has 1 heterocycles. The van der Waals surface area contributed by atoms with Gasteiger partial charge in [0.1, 0.15) is 0 Å². The van der Waals surface area contributed by atoms with E-state index in [0.29, 0.717) is 12.2 Å². The Balaban J connectivity index is 2.26. The molecule has 1 atom stereocenters. The lowest BCUT2D eigenvalue weighted by molar-refractivity contribution is -0.125. The Hall–Kier alpha value is -1.59. The molecule has 18 heavy (non-hydrogen) atoms. The molecular formula is C13H18N2O3. The average Bonchev–Trinajstić information content (AvgIpc) is 2.61. The fourth-order valence-electron chi connectivity index (χ4n) is 2.08. The number of aliphatic hydroxyl groups is 1. The number of nitrogens with zero attached hydrogens (tertiary/aromatic N) is 2. The van der Waals surface area contributed by atoms with E-state index in [2.05, 4.69) is 0 Å². The number of amides is 1. The number of anilines is 2. The van der Waals surface area contributed by atoms with Gasteiger partial charge in [0.05, 0.1) is 12.3 Å². The number of aliphatic hydroxyl groups excluding tert-OH is 1. The van der Waals surface area contributed by atoms with Crippen molar-refractivity contribution in [3.8, 4) is 0 Å². The van der Waals surface area contributed by atoms with Crippen LogP contribution in [-0.2, 0) is 9.53 Å². The molecular weight excluding hydrogens is 232 g/mol. The van der Waals surface area contributed by atoms with Crippen molar-refractivity contribution in [3.05, 3.63) is 23.8 Å². The third-order valence-electron chi connectivity index (χ3n) is 3.31. The van der Waals surface area contributed by atoms with Gasteiger partial charge in [0.25, 0.3) is 5.91 Å². The summed E-state index contributed by atoms with van der Waals surface area (Å²) in [6, 6.07) is 5.63. The number of benzene rings is 1. The summed E-state index contributed by atoms with van der Waals surface area (Å²) in [7, 11) is 5.31. The SMILES string of the molecule is COCCN(C)c1ccc2c(c1)N(C)C(=O)C2O. The molecule has 0 fully saturated rings. The molecule has 1 aliphatic heterocycles. The van der Waals surface area contributed by atoms with Crippen molar-refractivity contribution >= 4 is 17.3 Å². The molecule has 1 N–H and O–H groups in total. The van der Waals surface area contributed by atoms with Gasteiger partial charge in [0.15, 0.2) is 6.10 Å². The normalized spacial score (nSPS) is 18.1. The molecule has 1 aromatic carbocycles. The smallest absolute Gasteiger partial charge is 0.260 e. The molecule has 98 valence electrons. The standard InChI is InChI=1S/C13H18N2O3/c1-14(6-7-18-3)9-4-5-10-11(8-9)15(2)13(17)12(10)16/h4-5,8,12,16H,6-7H2,1-3H3. The van der Waals surface area contributed by atoms with Crippen molar-refractivity contribution in [1.82, 2.24) is 0 Å². The van der Waals surface area contributed by atoms with Crippen LogP contribution in [-0.4, -0.2) is 45.4 Å². The van der Waals surface area contributed by atoms with E-state index in [9.17, 15) is 9.90 Å². The molecule has 1 aromatic rings. The lowest BCUT2D eigenvalue weighted by Crippen LogP contribution is -2.24. The van der Waals surface area contributed by atoms with Crippen molar-refractivity contribution < 1.29 is 14.6 Å². The summed E-state index contributed by atoms with van der Waals surface area (Å²) in [5.74, 6) is -0.276. The maximum atomic E-state index is 11.7. The Labute approximate surface area is 107 Å². The summed E-state index contributed by atoms with van der Waals surface area (Å²) < 4.78 is 5.04. The van der Waals surface area contributed by atoms with Gasteiger partial charge in [-0.2, -0.15) is 0 Å². The Morgan fingerprint density at radius 3 is 2.89 bits per heavy atom. The minimum absolute atomic E-state index is 0.276. The minimum atomic E-state index is -1.02. The molecule has 5 nitrogen and oxygen atoms in total. The van der Waals surface area contributed by atoms with Gasteiger partial charge >= 0.3 is 0 Å². The third-order valence-corrected chi connectivity index (χ3v) is 3.31. The predicted octanol–water partition coefficient (Wildman–Crippen LogP) is 0.779. The zero-order valence-corrected chi connectivity index (χ0v) is 10.9. The van der Waals surface area contributed by atoms with Crippen molar-refractivity contribution in [3.63, 3.8) is 0 Å². The van der Waals surface area contributed by atoms with Gasteiger partial charge in [-0.25, -0.2) is 0 Å². The van der Waals surface area contributed by atoms with Crippen LogP contribution < -0.4 is 9.80 Å². The van der Waals surface area contributed by atoms with Crippen LogP contribution in [0.1, 0.15) is 11.7 Å². The first-order chi connectivity index (χ1) is 8.56. The Bertz CT molecular complexity index is 462. The van der Waals surface area contributed by atoms with Crippen LogP contribution in [0.3, 0.4) is 0 Å². The Morgan fingerprint density at radius 2 is 2.22 bits per heavy atom. The molecule has 5 heteroatoms. The molecule has 1 unspecified atom stereocenters. The van der Waals surface area contributed by atoms with E-state index in [0.717, 1.165) is 17.9 Å². The van der Waals surface area contributed by atoms with E-state index in [1.807, 2.05) is 24.1 Å². The monoisotopic (exact) mass is 250 g/mol. The number of ether oxygens (including phenoxy) is 1. The van der Waals surface area contributed by atoms with Crippen LogP contribution in [0.25, 0.3) is 0 Å². The summed E-state index contributed by atoms with van der Waals surface area (Å²) >= 11 is 0. The van der Waals surface area contributed by atoms with Crippen LogP contribution in [0.2, 0.25) is 0 Å². The van der Waals surface area contributed by atoms with Gasteiger partial charge in [-0.3, -0.25) is 4.79 Å². The zero-order chi connectivity index (χ0) is 13.3. The highest BCUT2D eigenvalue weighted by Gasteiger charge is 2.33. The van der Waals surface area contributed by atoms with Gasteiger partial charge in [0, 0.05) is 39.0 Å². The van der Waals surface area contributed by atoms with Gasteiger partial charge in [-0.05, 0) is 12.1 Å². The van der Waals surface area contributed by atoms with Crippen molar-refractivity contribution in [2.24, 2.45) is 0 Å². The highest BCUT2D eigenvalue weighted by Crippen LogP contribution is 2.37. The molecule has 0 radical (unpaired) electrons.